The molecular formula is C27H26N4O5S. The number of hydrogen-bond acceptors (Lipinski definition) is 6. The Hall–Kier alpha value is -4.44. The summed E-state index contributed by atoms with van der Waals surface area (Å²) in [5, 5.41) is 3.39. The van der Waals surface area contributed by atoms with Crippen LogP contribution in [0.15, 0.2) is 83.9 Å². The number of para-hydroxylation sites is 1. The van der Waals surface area contributed by atoms with Crippen LogP contribution < -0.4 is 20.1 Å². The van der Waals surface area contributed by atoms with Gasteiger partial charge in [-0.2, -0.15) is 0 Å². The molecule has 0 fully saturated rings. The number of nitrogens with one attached hydrogen (secondary N) is 1. The third kappa shape index (κ3) is 5.70. The summed E-state index contributed by atoms with van der Waals surface area (Å²) < 4.78 is 34.4. The lowest BCUT2D eigenvalue weighted by Gasteiger charge is -2.26. The van der Waals surface area contributed by atoms with Gasteiger partial charge in [0.2, 0.25) is 5.91 Å². The molecule has 2 amide bonds. The molecule has 0 atom stereocenters. The van der Waals surface area contributed by atoms with Gasteiger partial charge in [0.15, 0.2) is 6.61 Å². The predicted molar refractivity (Wildman–Crippen MR) is 142 cm³/mol. The van der Waals surface area contributed by atoms with E-state index >= 15 is 0 Å². The van der Waals surface area contributed by atoms with Crippen molar-refractivity contribution in [2.75, 3.05) is 22.8 Å². The van der Waals surface area contributed by atoms with Gasteiger partial charge in [0.25, 0.3) is 15.9 Å². The van der Waals surface area contributed by atoms with Crippen molar-refractivity contribution in [3.63, 3.8) is 0 Å². The number of aromatic nitrogens is 1. The van der Waals surface area contributed by atoms with Crippen LogP contribution >= 0.6 is 0 Å². The van der Waals surface area contributed by atoms with Crippen LogP contribution in [0, 0.1) is 13.8 Å². The van der Waals surface area contributed by atoms with Gasteiger partial charge in [-0.25, -0.2) is 8.42 Å². The number of rotatable bonds is 9. The van der Waals surface area contributed by atoms with Gasteiger partial charge >= 0.3 is 0 Å². The van der Waals surface area contributed by atoms with Crippen LogP contribution in [0.1, 0.15) is 11.1 Å². The number of ether oxygens (including phenoxy) is 1. The first-order valence-electron chi connectivity index (χ1n) is 11.4. The summed E-state index contributed by atoms with van der Waals surface area (Å²) in [4.78, 5) is 28.3. The number of hydrogen-bond donors (Lipinski definition) is 2. The van der Waals surface area contributed by atoms with Gasteiger partial charge in [0, 0.05) is 17.3 Å². The molecule has 1 heterocycles. The van der Waals surface area contributed by atoms with Crippen molar-refractivity contribution in [3.05, 3.63) is 90.1 Å². The molecule has 190 valence electrons. The molecule has 0 saturated heterocycles. The number of nitrogens with two attached hydrogens (primary N) is 1. The molecule has 3 aromatic carbocycles. The minimum Gasteiger partial charge on any atom is -0.484 e. The Labute approximate surface area is 214 Å². The molecule has 0 unspecified atom stereocenters. The standard InChI is InChI=1S/C27H26N4O5S/c1-18-6-3-9-23(19(18)2)31(37(34,35)24-10-4-7-20-8-5-15-29-27(20)24)16-26(33)30-21-11-13-22(14-12-21)36-17-25(28)32/h3-15H,16-17H2,1-2H3,(H2,28,32)(H,30,33). The fraction of sp³-hybridized carbons (Fsp3) is 0.148. The number of carbonyl (C=O) groups excluding carboxylic acids is 2. The second-order valence-electron chi connectivity index (χ2n) is 8.39. The van der Waals surface area contributed by atoms with Crippen molar-refractivity contribution < 1.29 is 22.7 Å². The minimum absolute atomic E-state index is 0.00950. The monoisotopic (exact) mass is 518 g/mol. The summed E-state index contributed by atoms with van der Waals surface area (Å²) in [7, 11) is -4.18. The van der Waals surface area contributed by atoms with Crippen LogP contribution in [0.5, 0.6) is 5.75 Å². The van der Waals surface area contributed by atoms with E-state index in [2.05, 4.69) is 10.3 Å². The Morgan fingerprint density at radius 1 is 0.973 bits per heavy atom. The Bertz CT molecular complexity index is 1560. The van der Waals surface area contributed by atoms with Crippen LogP contribution in [0.4, 0.5) is 11.4 Å². The van der Waals surface area contributed by atoms with E-state index in [1.807, 2.05) is 19.9 Å². The van der Waals surface area contributed by atoms with Gasteiger partial charge < -0.3 is 15.8 Å². The molecule has 0 aliphatic carbocycles. The van der Waals surface area contributed by atoms with Gasteiger partial charge in [0.1, 0.15) is 17.2 Å². The highest BCUT2D eigenvalue weighted by molar-refractivity contribution is 7.93. The Morgan fingerprint density at radius 2 is 1.68 bits per heavy atom. The van der Waals surface area contributed by atoms with E-state index in [0.717, 1.165) is 15.4 Å². The van der Waals surface area contributed by atoms with Crippen molar-refractivity contribution in [1.82, 2.24) is 4.98 Å². The molecule has 0 bridgehead atoms. The van der Waals surface area contributed by atoms with E-state index < -0.39 is 28.4 Å². The molecular weight excluding hydrogens is 492 g/mol. The van der Waals surface area contributed by atoms with Gasteiger partial charge in [-0.05, 0) is 67.4 Å². The summed E-state index contributed by atoms with van der Waals surface area (Å²) in [5.74, 6) is -0.741. The van der Waals surface area contributed by atoms with Crippen LogP contribution in [0.2, 0.25) is 0 Å². The third-order valence-corrected chi connectivity index (χ3v) is 7.61. The zero-order valence-corrected chi connectivity index (χ0v) is 21.2. The topological polar surface area (TPSA) is 132 Å². The maximum atomic E-state index is 14.0. The number of primary amides is 1. The number of nitrogens with zero attached hydrogens (tertiary/aromatic N) is 2. The molecule has 0 aliphatic rings. The molecule has 0 spiro atoms. The van der Waals surface area contributed by atoms with Gasteiger partial charge in [0.05, 0.1) is 11.2 Å². The summed E-state index contributed by atoms with van der Waals surface area (Å²) in [6.45, 7) is 2.97. The summed E-state index contributed by atoms with van der Waals surface area (Å²) in [5.41, 5.74) is 7.87. The van der Waals surface area contributed by atoms with Crippen LogP contribution in [0.3, 0.4) is 0 Å². The summed E-state index contributed by atoms with van der Waals surface area (Å²) in [6.07, 6.45) is 1.53. The zero-order valence-electron chi connectivity index (χ0n) is 20.3. The molecule has 9 nitrogen and oxygen atoms in total. The molecule has 0 radical (unpaired) electrons. The number of aryl methyl sites for hydroxylation is 1. The van der Waals surface area contributed by atoms with E-state index in [1.54, 1.807) is 60.7 Å². The van der Waals surface area contributed by atoms with Crippen LogP contribution in [-0.2, 0) is 19.6 Å². The Morgan fingerprint density at radius 3 is 2.41 bits per heavy atom. The summed E-state index contributed by atoms with van der Waals surface area (Å²) >= 11 is 0. The van der Waals surface area contributed by atoms with Crippen molar-refractivity contribution in [3.8, 4) is 5.75 Å². The van der Waals surface area contributed by atoms with E-state index in [1.165, 1.54) is 12.3 Å². The zero-order chi connectivity index (χ0) is 26.6. The lowest BCUT2D eigenvalue weighted by atomic mass is 10.1. The lowest BCUT2D eigenvalue weighted by molar-refractivity contribution is -0.120. The quantitative estimate of drug-likeness (QED) is 0.348. The number of carbonyl (C=O) groups is 2. The van der Waals surface area contributed by atoms with E-state index in [-0.39, 0.29) is 11.5 Å². The molecule has 0 aliphatic heterocycles. The SMILES string of the molecule is Cc1cccc(N(CC(=O)Nc2ccc(OCC(N)=O)cc2)S(=O)(=O)c2cccc3cccnc23)c1C. The molecule has 37 heavy (non-hydrogen) atoms. The van der Waals surface area contributed by atoms with E-state index in [0.29, 0.717) is 28.0 Å². The van der Waals surface area contributed by atoms with Crippen LogP contribution in [-0.4, -0.2) is 38.4 Å². The lowest BCUT2D eigenvalue weighted by Crippen LogP contribution is -2.38. The molecule has 0 saturated carbocycles. The summed E-state index contributed by atoms with van der Waals surface area (Å²) in [6, 6.07) is 20.1. The highest BCUT2D eigenvalue weighted by Gasteiger charge is 2.30. The number of anilines is 2. The predicted octanol–water partition coefficient (Wildman–Crippen LogP) is 3.55. The van der Waals surface area contributed by atoms with Crippen molar-refractivity contribution in [2.45, 2.75) is 18.7 Å². The smallest absolute Gasteiger partial charge is 0.266 e. The average Bonchev–Trinajstić information content (AvgIpc) is 2.88. The molecule has 3 N–H and O–H groups in total. The van der Waals surface area contributed by atoms with Crippen molar-refractivity contribution >= 4 is 44.1 Å². The largest absolute Gasteiger partial charge is 0.484 e. The van der Waals surface area contributed by atoms with Crippen molar-refractivity contribution in [2.24, 2.45) is 5.73 Å². The maximum absolute atomic E-state index is 14.0. The van der Waals surface area contributed by atoms with Crippen molar-refractivity contribution in [1.29, 1.82) is 0 Å². The number of amides is 2. The average molecular weight is 519 g/mol. The number of benzene rings is 3. The Balaban J connectivity index is 1.67. The second kappa shape index (κ2) is 10.7. The fourth-order valence-corrected chi connectivity index (χ4v) is 5.48. The fourth-order valence-electron chi connectivity index (χ4n) is 3.83. The van der Waals surface area contributed by atoms with Crippen LogP contribution in [0.25, 0.3) is 10.9 Å². The maximum Gasteiger partial charge on any atom is 0.266 e. The molecule has 4 rings (SSSR count). The molecule has 4 aromatic rings. The van der Waals surface area contributed by atoms with Gasteiger partial charge in [-0.3, -0.25) is 18.9 Å². The highest BCUT2D eigenvalue weighted by Crippen LogP contribution is 2.31. The molecule has 10 heteroatoms. The number of pyridine rings is 1. The number of sulfonamides is 1. The second-order valence-corrected chi connectivity index (χ2v) is 10.2. The minimum atomic E-state index is -4.18. The van der Waals surface area contributed by atoms with E-state index in [9.17, 15) is 18.0 Å². The van der Waals surface area contributed by atoms with Gasteiger partial charge in [-0.1, -0.05) is 30.3 Å². The first-order valence-corrected chi connectivity index (χ1v) is 12.8. The van der Waals surface area contributed by atoms with Gasteiger partial charge in [-0.15, -0.1) is 0 Å². The van der Waals surface area contributed by atoms with E-state index in [4.69, 9.17) is 10.5 Å². The number of fused-ring (bicyclic) bond motifs is 1. The normalized spacial score (nSPS) is 11.2. The Kier molecular flexibility index (Phi) is 7.40. The first-order chi connectivity index (χ1) is 17.7. The molecule has 1 aromatic heterocycles. The third-order valence-electron chi connectivity index (χ3n) is 5.81. The first kappa shape index (κ1) is 25.6. The highest BCUT2D eigenvalue weighted by atomic mass is 32.2.